The van der Waals surface area contributed by atoms with Gasteiger partial charge in [-0.1, -0.05) is 0 Å². The van der Waals surface area contributed by atoms with Gasteiger partial charge in [-0.3, -0.25) is 13.9 Å². The predicted octanol–water partition coefficient (Wildman–Crippen LogP) is -0.464. The van der Waals surface area contributed by atoms with E-state index in [1.54, 1.807) is 0 Å². The van der Waals surface area contributed by atoms with Gasteiger partial charge in [0.25, 0.3) is 20.2 Å². The lowest BCUT2D eigenvalue weighted by Crippen LogP contribution is -2.48. The van der Waals surface area contributed by atoms with Crippen LogP contribution < -0.4 is 0 Å². The molecule has 2 heterocycles. The maximum absolute atomic E-state index is 12.5. The summed E-state index contributed by atoms with van der Waals surface area (Å²) in [5.41, 5.74) is -3.13. The maximum atomic E-state index is 12.5. The Balaban J connectivity index is 2.96. The van der Waals surface area contributed by atoms with Gasteiger partial charge >= 0.3 is 11.9 Å². The molecule has 0 amide bonds. The third kappa shape index (κ3) is 4.53. The van der Waals surface area contributed by atoms with Crippen molar-refractivity contribution in [1.29, 1.82) is 0 Å². The van der Waals surface area contributed by atoms with E-state index in [4.69, 9.17) is 5.11 Å². The summed E-state index contributed by atoms with van der Waals surface area (Å²) in [6.45, 7) is 0. The highest BCUT2D eigenvalue weighted by Gasteiger charge is 2.50. The minimum atomic E-state index is -5.25. The van der Waals surface area contributed by atoms with Crippen LogP contribution in [0, 0.1) is 0 Å². The molecule has 184 valence electrons. The Hall–Kier alpha value is -3.48. The van der Waals surface area contributed by atoms with Gasteiger partial charge in [-0.15, -0.1) is 0 Å². The summed E-state index contributed by atoms with van der Waals surface area (Å²) in [4.78, 5) is 20.5. The fourth-order valence-electron chi connectivity index (χ4n) is 3.31. The molecule has 2 aromatic heterocycles. The van der Waals surface area contributed by atoms with Gasteiger partial charge in [0.15, 0.2) is 21.6 Å². The Morgan fingerprint density at radius 3 is 1.45 bits per heavy atom. The highest BCUT2D eigenvalue weighted by molar-refractivity contribution is 7.86. The second kappa shape index (κ2) is 8.46. The van der Waals surface area contributed by atoms with E-state index < -0.39 is 84.0 Å². The van der Waals surface area contributed by atoms with Crippen LogP contribution in [0.3, 0.4) is 0 Å². The summed E-state index contributed by atoms with van der Waals surface area (Å²) in [5, 5.41) is 60.0. The van der Waals surface area contributed by atoms with Gasteiger partial charge in [0.1, 0.15) is 0 Å². The zero-order valence-corrected chi connectivity index (χ0v) is 17.9. The van der Waals surface area contributed by atoms with Crippen molar-refractivity contribution in [3.8, 4) is 23.5 Å². The third-order valence-electron chi connectivity index (χ3n) is 4.65. The number of carboxylic acids is 2. The topological polar surface area (TPSA) is 274 Å². The van der Waals surface area contributed by atoms with Crippen LogP contribution in [0.5, 0.6) is 23.5 Å². The van der Waals surface area contributed by atoms with Crippen molar-refractivity contribution in [3.05, 3.63) is 12.1 Å². The lowest BCUT2D eigenvalue weighted by molar-refractivity contribution is -0.151. The highest BCUT2D eigenvalue weighted by Crippen LogP contribution is 2.46. The van der Waals surface area contributed by atoms with E-state index in [0.717, 1.165) is 0 Å². The second-order valence-electron chi connectivity index (χ2n) is 6.72. The first-order valence-corrected chi connectivity index (χ1v) is 11.5. The molecule has 0 aliphatic heterocycles. The van der Waals surface area contributed by atoms with Gasteiger partial charge < -0.3 is 30.6 Å². The maximum Gasteiger partial charge on any atom is 0.351 e. The second-order valence-corrected chi connectivity index (χ2v) is 9.50. The van der Waals surface area contributed by atoms with Crippen molar-refractivity contribution in [1.82, 2.24) is 9.13 Å². The molecule has 2 rings (SSSR count). The summed E-state index contributed by atoms with van der Waals surface area (Å²) in [6.07, 6.45) is -1.99. The van der Waals surface area contributed by atoms with Gasteiger partial charge in [0.05, 0.1) is 0 Å². The zero-order valence-electron chi connectivity index (χ0n) is 16.2. The van der Waals surface area contributed by atoms with Crippen molar-refractivity contribution in [3.63, 3.8) is 0 Å². The Morgan fingerprint density at radius 1 is 0.788 bits per heavy atom. The molecule has 0 aliphatic rings. The minimum Gasteiger partial charge on any atom is -0.494 e. The predicted molar refractivity (Wildman–Crippen MR) is 102 cm³/mol. The summed E-state index contributed by atoms with van der Waals surface area (Å²) in [6, 6.07) is 0.474. The van der Waals surface area contributed by atoms with Crippen molar-refractivity contribution >= 4 is 32.2 Å². The Morgan fingerprint density at radius 2 is 1.18 bits per heavy atom. The largest absolute Gasteiger partial charge is 0.494 e. The smallest absolute Gasteiger partial charge is 0.351 e. The minimum absolute atomic E-state index is 0.0492. The molecular formula is C15H18N2O14S2. The molecular weight excluding hydrogens is 496 g/mol. The number of unbranched alkanes of at least 4 members (excludes halogenated alkanes) is 1. The van der Waals surface area contributed by atoms with Crippen LogP contribution in [0.15, 0.2) is 21.9 Å². The monoisotopic (exact) mass is 514 g/mol. The zero-order chi connectivity index (χ0) is 25.5. The fourth-order valence-corrected chi connectivity index (χ4v) is 4.46. The molecule has 0 fully saturated rings. The van der Waals surface area contributed by atoms with Gasteiger partial charge in [0, 0.05) is 25.0 Å². The SMILES string of the molecule is O=C(O)CCCCC(C(=O)O)(n1c(O)cc(S(=O)(=O)O)c1O)n1c(O)cc(S(=O)(=O)O)c1O. The molecule has 0 unspecified atom stereocenters. The van der Waals surface area contributed by atoms with Crippen LogP contribution in [-0.2, 0) is 35.5 Å². The van der Waals surface area contributed by atoms with E-state index in [1.807, 2.05) is 0 Å². The lowest BCUT2D eigenvalue weighted by atomic mass is 10.00. The number of aromatic nitrogens is 2. The van der Waals surface area contributed by atoms with E-state index in [0.29, 0.717) is 0 Å². The van der Waals surface area contributed by atoms with Crippen molar-refractivity contribution in [2.75, 3.05) is 0 Å². The van der Waals surface area contributed by atoms with Gasteiger partial charge in [-0.05, 0) is 12.8 Å². The first-order valence-electron chi connectivity index (χ1n) is 8.64. The van der Waals surface area contributed by atoms with Crippen molar-refractivity contribution in [2.45, 2.75) is 41.1 Å². The standard InChI is InChI=1S/C15H18N2O14S2/c18-9-5-7(32(26,27)28)12(22)16(9)15(14(24)25,4-2-1-3-11(20)21)17-10(19)6-8(13(17)23)33(29,30)31/h5-6,18-19,22-23H,1-4H2,(H,20,21)(H,24,25)(H,26,27,28)(H,29,30,31). The fraction of sp³-hybridized carbons (Fsp3) is 0.333. The number of hydrogen-bond donors (Lipinski definition) is 8. The number of hydrogen-bond acceptors (Lipinski definition) is 10. The average Bonchev–Trinajstić information content (AvgIpc) is 3.12. The van der Waals surface area contributed by atoms with Crippen LogP contribution in [0.1, 0.15) is 25.7 Å². The molecule has 8 N–H and O–H groups in total. The molecule has 0 aliphatic carbocycles. The highest BCUT2D eigenvalue weighted by atomic mass is 32.2. The van der Waals surface area contributed by atoms with E-state index >= 15 is 0 Å². The van der Waals surface area contributed by atoms with Gasteiger partial charge in [-0.25, -0.2) is 13.9 Å². The summed E-state index contributed by atoms with van der Waals surface area (Å²) in [7, 11) is -10.5. The normalized spacial score (nSPS) is 12.7. The van der Waals surface area contributed by atoms with E-state index in [-0.39, 0.29) is 34.1 Å². The van der Waals surface area contributed by atoms with Crippen LogP contribution >= 0.6 is 0 Å². The first kappa shape index (κ1) is 25.8. The summed E-state index contributed by atoms with van der Waals surface area (Å²) in [5.74, 6) is -9.24. The molecule has 0 bridgehead atoms. The molecule has 0 spiro atoms. The van der Waals surface area contributed by atoms with Crippen LogP contribution in [0.4, 0.5) is 0 Å². The molecule has 0 atom stereocenters. The van der Waals surface area contributed by atoms with E-state index in [2.05, 4.69) is 0 Å². The van der Waals surface area contributed by atoms with Crippen LogP contribution in [0.25, 0.3) is 0 Å². The average molecular weight is 514 g/mol. The molecule has 0 aromatic carbocycles. The van der Waals surface area contributed by atoms with Crippen molar-refractivity contribution in [2.24, 2.45) is 0 Å². The Labute approximate surface area is 184 Å². The molecule has 2 aromatic rings. The Kier molecular flexibility index (Phi) is 6.61. The molecule has 0 radical (unpaired) electrons. The molecule has 0 saturated heterocycles. The summed E-state index contributed by atoms with van der Waals surface area (Å²) >= 11 is 0. The quantitative estimate of drug-likeness (QED) is 0.147. The number of aromatic hydroxyl groups is 4. The van der Waals surface area contributed by atoms with Gasteiger partial charge in [0.2, 0.25) is 17.4 Å². The molecule has 18 heteroatoms. The molecule has 16 nitrogen and oxygen atoms in total. The number of nitrogens with zero attached hydrogens (tertiary/aromatic N) is 2. The first-order chi connectivity index (χ1) is 15.0. The van der Waals surface area contributed by atoms with Crippen LogP contribution in [-0.4, -0.2) is 77.7 Å². The summed E-state index contributed by atoms with van der Waals surface area (Å²) < 4.78 is 64.4. The van der Waals surface area contributed by atoms with Crippen LogP contribution in [0.2, 0.25) is 0 Å². The molecule has 33 heavy (non-hydrogen) atoms. The number of aliphatic carboxylic acids is 2. The molecule has 0 saturated carbocycles. The van der Waals surface area contributed by atoms with Crippen molar-refractivity contribution < 1.29 is 66.2 Å². The van der Waals surface area contributed by atoms with Gasteiger partial charge in [-0.2, -0.15) is 16.8 Å². The van der Waals surface area contributed by atoms with E-state index in [9.17, 15) is 61.1 Å². The number of carbonyl (C=O) groups is 2. The Bertz CT molecular complexity index is 1240. The number of rotatable bonds is 10. The van der Waals surface area contributed by atoms with E-state index in [1.165, 1.54) is 0 Å². The lowest BCUT2D eigenvalue weighted by Gasteiger charge is -2.34. The third-order valence-corrected chi connectivity index (χ3v) is 6.36. The number of carboxylic acid groups (broad SMARTS) is 2.